The fourth-order valence-electron chi connectivity index (χ4n) is 2.60. The van der Waals surface area contributed by atoms with Gasteiger partial charge in [0.1, 0.15) is 18.1 Å². The predicted octanol–water partition coefficient (Wildman–Crippen LogP) is 6.69. The van der Waals surface area contributed by atoms with Crippen molar-refractivity contribution in [1.82, 2.24) is 0 Å². The molecule has 0 saturated carbocycles. The molecule has 1 N–H and O–H groups in total. The third-order valence-corrected chi connectivity index (χ3v) is 4.74. The summed E-state index contributed by atoms with van der Waals surface area (Å²) in [6, 6.07) is 21.7. The van der Waals surface area contributed by atoms with E-state index in [9.17, 15) is 0 Å². The maximum absolute atomic E-state index is 6.18. The highest BCUT2D eigenvalue weighted by molar-refractivity contribution is 9.10. The van der Waals surface area contributed by atoms with Crippen LogP contribution in [0.3, 0.4) is 0 Å². The first-order chi connectivity index (χ1) is 13.1. The van der Waals surface area contributed by atoms with Gasteiger partial charge in [0.05, 0.1) is 6.61 Å². The van der Waals surface area contributed by atoms with Crippen molar-refractivity contribution in [2.24, 2.45) is 0 Å². The third-order valence-electron chi connectivity index (χ3n) is 3.98. The smallest absolute Gasteiger partial charge is 0.124 e. The molecule has 3 aromatic carbocycles. The van der Waals surface area contributed by atoms with E-state index in [1.807, 2.05) is 73.7 Å². The van der Waals surface area contributed by atoms with Gasteiger partial charge in [-0.1, -0.05) is 39.7 Å². The van der Waals surface area contributed by atoms with Gasteiger partial charge in [0.15, 0.2) is 0 Å². The van der Waals surface area contributed by atoms with Crippen molar-refractivity contribution in [2.75, 3.05) is 11.9 Å². The Morgan fingerprint density at radius 2 is 1.67 bits per heavy atom. The minimum atomic E-state index is 0.505. The van der Waals surface area contributed by atoms with E-state index < -0.39 is 0 Å². The average molecular weight is 447 g/mol. The molecule has 0 aliphatic heterocycles. The second-order valence-corrected chi connectivity index (χ2v) is 7.33. The number of benzene rings is 3. The van der Waals surface area contributed by atoms with E-state index in [1.165, 1.54) is 0 Å². The lowest BCUT2D eigenvalue weighted by atomic mass is 10.2. The minimum Gasteiger partial charge on any atom is -0.494 e. The fraction of sp³-hybridized carbons (Fsp3) is 0.182. The third kappa shape index (κ3) is 5.91. The average Bonchev–Trinajstić information content (AvgIpc) is 2.68. The Hall–Kier alpha value is -2.17. The Balaban J connectivity index is 1.65. The molecule has 3 nitrogen and oxygen atoms in total. The molecule has 0 spiro atoms. The zero-order valence-corrected chi connectivity index (χ0v) is 17.4. The molecule has 5 heteroatoms. The number of ether oxygens (including phenoxy) is 2. The van der Waals surface area contributed by atoms with Crippen LogP contribution in [-0.2, 0) is 13.2 Å². The first-order valence-corrected chi connectivity index (χ1v) is 9.93. The molecular formula is C22H21BrClNO2. The van der Waals surface area contributed by atoms with Crippen LogP contribution >= 0.6 is 27.5 Å². The first kappa shape index (κ1) is 19.6. The van der Waals surface area contributed by atoms with Crippen LogP contribution in [0.5, 0.6) is 11.5 Å². The Morgan fingerprint density at radius 1 is 0.926 bits per heavy atom. The van der Waals surface area contributed by atoms with E-state index in [1.54, 1.807) is 0 Å². The first-order valence-electron chi connectivity index (χ1n) is 8.76. The molecule has 3 aromatic rings. The number of hydrogen-bond acceptors (Lipinski definition) is 3. The highest BCUT2D eigenvalue weighted by atomic mass is 79.9. The van der Waals surface area contributed by atoms with Crippen LogP contribution in [-0.4, -0.2) is 6.61 Å². The zero-order valence-electron chi connectivity index (χ0n) is 15.0. The van der Waals surface area contributed by atoms with Gasteiger partial charge in [-0.3, -0.25) is 0 Å². The molecule has 3 rings (SSSR count). The predicted molar refractivity (Wildman–Crippen MR) is 115 cm³/mol. The Kier molecular flexibility index (Phi) is 7.02. The maximum atomic E-state index is 6.18. The van der Waals surface area contributed by atoms with Gasteiger partial charge < -0.3 is 14.8 Å². The summed E-state index contributed by atoms with van der Waals surface area (Å²) in [5, 5.41) is 4.09. The summed E-state index contributed by atoms with van der Waals surface area (Å²) >= 11 is 9.63. The molecular weight excluding hydrogens is 426 g/mol. The molecule has 0 saturated heterocycles. The normalized spacial score (nSPS) is 10.5. The molecule has 0 unspecified atom stereocenters. The van der Waals surface area contributed by atoms with Crippen LogP contribution in [0.2, 0.25) is 5.02 Å². The van der Waals surface area contributed by atoms with Crippen LogP contribution in [0.15, 0.2) is 71.2 Å². The topological polar surface area (TPSA) is 30.5 Å². The lowest BCUT2D eigenvalue weighted by molar-refractivity contribution is 0.303. The number of halogens is 2. The van der Waals surface area contributed by atoms with Gasteiger partial charge in [0.25, 0.3) is 0 Å². The molecule has 0 aromatic heterocycles. The molecule has 0 amide bonds. The van der Waals surface area contributed by atoms with Gasteiger partial charge in [-0.15, -0.1) is 0 Å². The van der Waals surface area contributed by atoms with Gasteiger partial charge in [0.2, 0.25) is 0 Å². The highest BCUT2D eigenvalue weighted by Gasteiger charge is 2.06. The molecule has 0 aliphatic rings. The SMILES string of the molecule is CCOc1ccc(NCc2cc(Cl)ccc2OCc2ccc(Br)cc2)cc1. The van der Waals surface area contributed by atoms with Crippen molar-refractivity contribution in [3.05, 3.63) is 87.4 Å². The summed E-state index contributed by atoms with van der Waals surface area (Å²) in [6.45, 7) is 3.75. The van der Waals surface area contributed by atoms with Crippen molar-refractivity contribution in [1.29, 1.82) is 0 Å². The van der Waals surface area contributed by atoms with Gasteiger partial charge in [-0.25, -0.2) is 0 Å². The van der Waals surface area contributed by atoms with Crippen molar-refractivity contribution < 1.29 is 9.47 Å². The molecule has 0 aliphatic carbocycles. The molecule has 0 bridgehead atoms. The Morgan fingerprint density at radius 3 is 2.37 bits per heavy atom. The highest BCUT2D eigenvalue weighted by Crippen LogP contribution is 2.26. The zero-order chi connectivity index (χ0) is 19.1. The number of anilines is 1. The van der Waals surface area contributed by atoms with E-state index in [0.717, 1.165) is 32.8 Å². The van der Waals surface area contributed by atoms with E-state index in [0.29, 0.717) is 24.8 Å². The van der Waals surface area contributed by atoms with E-state index in [-0.39, 0.29) is 0 Å². The lowest BCUT2D eigenvalue weighted by Gasteiger charge is -2.14. The number of rotatable bonds is 8. The standard InChI is InChI=1S/C22H21BrClNO2/c1-2-26-21-10-8-20(9-11-21)25-14-17-13-19(24)7-12-22(17)27-15-16-3-5-18(23)6-4-16/h3-13,25H,2,14-15H2,1H3. The van der Waals surface area contributed by atoms with Crippen molar-refractivity contribution in [2.45, 2.75) is 20.1 Å². The van der Waals surface area contributed by atoms with E-state index in [2.05, 4.69) is 21.2 Å². The van der Waals surface area contributed by atoms with Gasteiger partial charge in [-0.05, 0) is 67.1 Å². The lowest BCUT2D eigenvalue weighted by Crippen LogP contribution is -2.04. The van der Waals surface area contributed by atoms with Crippen LogP contribution < -0.4 is 14.8 Å². The van der Waals surface area contributed by atoms with Crippen molar-refractivity contribution in [3.8, 4) is 11.5 Å². The van der Waals surface area contributed by atoms with Crippen molar-refractivity contribution in [3.63, 3.8) is 0 Å². The molecule has 140 valence electrons. The summed E-state index contributed by atoms with van der Waals surface area (Å²) in [5.41, 5.74) is 3.13. The maximum Gasteiger partial charge on any atom is 0.124 e. The van der Waals surface area contributed by atoms with Crippen molar-refractivity contribution >= 4 is 33.2 Å². The molecule has 0 atom stereocenters. The monoisotopic (exact) mass is 445 g/mol. The number of nitrogens with one attached hydrogen (secondary N) is 1. The van der Waals surface area contributed by atoms with Crippen LogP contribution in [0.4, 0.5) is 5.69 Å². The minimum absolute atomic E-state index is 0.505. The van der Waals surface area contributed by atoms with Crippen LogP contribution in [0, 0.1) is 0 Å². The fourth-order valence-corrected chi connectivity index (χ4v) is 3.06. The van der Waals surface area contributed by atoms with Gasteiger partial charge >= 0.3 is 0 Å². The van der Waals surface area contributed by atoms with E-state index >= 15 is 0 Å². The van der Waals surface area contributed by atoms with Gasteiger partial charge in [0, 0.05) is 27.3 Å². The quantitative estimate of drug-likeness (QED) is 0.418. The summed E-state index contributed by atoms with van der Waals surface area (Å²) in [5.74, 6) is 1.69. The molecule has 0 fully saturated rings. The second-order valence-electron chi connectivity index (χ2n) is 5.98. The van der Waals surface area contributed by atoms with E-state index in [4.69, 9.17) is 21.1 Å². The Labute approximate surface area is 173 Å². The molecule has 0 heterocycles. The summed E-state index contributed by atoms with van der Waals surface area (Å²) < 4.78 is 12.5. The summed E-state index contributed by atoms with van der Waals surface area (Å²) in [4.78, 5) is 0. The van der Waals surface area contributed by atoms with Crippen LogP contribution in [0.25, 0.3) is 0 Å². The summed E-state index contributed by atoms with van der Waals surface area (Å²) in [6.07, 6.45) is 0. The second kappa shape index (κ2) is 9.67. The molecule has 27 heavy (non-hydrogen) atoms. The summed E-state index contributed by atoms with van der Waals surface area (Å²) in [7, 11) is 0. The Bertz CT molecular complexity index is 866. The van der Waals surface area contributed by atoms with Gasteiger partial charge in [-0.2, -0.15) is 0 Å². The largest absolute Gasteiger partial charge is 0.494 e. The molecule has 0 radical (unpaired) electrons. The number of hydrogen-bond donors (Lipinski definition) is 1. The van der Waals surface area contributed by atoms with Crippen LogP contribution in [0.1, 0.15) is 18.1 Å².